The zero-order chi connectivity index (χ0) is 12.8. The molecule has 0 aliphatic carbocycles. The monoisotopic (exact) mass is 309 g/mol. The van der Waals surface area contributed by atoms with E-state index in [9.17, 15) is 8.78 Å². The Morgan fingerprint density at radius 3 is 2.53 bits per heavy atom. The van der Waals surface area contributed by atoms with Crippen molar-refractivity contribution < 1.29 is 18.3 Å². The van der Waals surface area contributed by atoms with E-state index in [1.165, 1.54) is 20.3 Å². The molecule has 0 amide bonds. The van der Waals surface area contributed by atoms with Gasteiger partial charge in [-0.25, -0.2) is 8.78 Å². The minimum Gasteiger partial charge on any atom is -0.355 e. The molecule has 17 heavy (non-hydrogen) atoms. The van der Waals surface area contributed by atoms with E-state index >= 15 is 0 Å². The summed E-state index contributed by atoms with van der Waals surface area (Å²) in [6, 6.07) is 2.11. The van der Waals surface area contributed by atoms with Crippen molar-refractivity contribution in [2.75, 3.05) is 20.8 Å². The van der Waals surface area contributed by atoms with Gasteiger partial charge in [0.05, 0.1) is 4.47 Å². The molecular formula is C11H14BrF2NO2. The molecule has 0 saturated heterocycles. The van der Waals surface area contributed by atoms with Crippen molar-refractivity contribution >= 4 is 15.9 Å². The molecule has 0 spiro atoms. The topological polar surface area (TPSA) is 30.5 Å². The van der Waals surface area contributed by atoms with Crippen LogP contribution >= 0.6 is 15.9 Å². The van der Waals surface area contributed by atoms with Crippen LogP contribution in [-0.2, 0) is 16.0 Å². The number of nitrogens with one attached hydrogen (secondary N) is 1. The molecule has 0 aromatic heterocycles. The van der Waals surface area contributed by atoms with Gasteiger partial charge >= 0.3 is 0 Å². The first kappa shape index (κ1) is 14.5. The van der Waals surface area contributed by atoms with E-state index in [0.717, 1.165) is 6.07 Å². The molecule has 0 bridgehead atoms. The molecule has 0 atom stereocenters. The van der Waals surface area contributed by atoms with Crippen molar-refractivity contribution in [3.8, 4) is 0 Å². The Morgan fingerprint density at radius 1 is 1.29 bits per heavy atom. The molecule has 96 valence electrons. The van der Waals surface area contributed by atoms with Crippen LogP contribution < -0.4 is 5.32 Å². The molecule has 1 aromatic carbocycles. The van der Waals surface area contributed by atoms with Gasteiger partial charge in [-0.1, -0.05) is 0 Å². The lowest BCUT2D eigenvalue weighted by Crippen LogP contribution is -2.29. The normalized spacial score (nSPS) is 11.2. The van der Waals surface area contributed by atoms with E-state index in [0.29, 0.717) is 18.7 Å². The summed E-state index contributed by atoms with van der Waals surface area (Å²) in [4.78, 5) is 0. The van der Waals surface area contributed by atoms with E-state index in [4.69, 9.17) is 9.47 Å². The van der Waals surface area contributed by atoms with Gasteiger partial charge in [0.25, 0.3) is 0 Å². The average molecular weight is 310 g/mol. The minimum atomic E-state index is -0.614. The highest BCUT2D eigenvalue weighted by Gasteiger charge is 2.09. The number of benzene rings is 1. The van der Waals surface area contributed by atoms with E-state index in [1.807, 2.05) is 0 Å². The van der Waals surface area contributed by atoms with Gasteiger partial charge in [0.1, 0.15) is 11.6 Å². The number of methoxy groups -OCH3 is 2. The molecule has 6 heteroatoms. The number of halogens is 3. The maximum absolute atomic E-state index is 13.2. The Hall–Kier alpha value is -0.560. The molecule has 1 N–H and O–H groups in total. The first-order valence-corrected chi connectivity index (χ1v) is 5.77. The van der Waals surface area contributed by atoms with E-state index in [1.54, 1.807) is 0 Å². The molecular weight excluding hydrogens is 296 g/mol. The maximum Gasteiger partial charge on any atom is 0.169 e. The fourth-order valence-electron chi connectivity index (χ4n) is 1.33. The van der Waals surface area contributed by atoms with Crippen molar-refractivity contribution in [2.24, 2.45) is 0 Å². The van der Waals surface area contributed by atoms with Crippen LogP contribution in [0.1, 0.15) is 5.56 Å². The Labute approximate surface area is 107 Å². The van der Waals surface area contributed by atoms with Crippen LogP contribution in [0, 0.1) is 11.6 Å². The zero-order valence-electron chi connectivity index (χ0n) is 9.60. The lowest BCUT2D eigenvalue weighted by Gasteiger charge is -2.14. The van der Waals surface area contributed by atoms with Crippen LogP contribution in [0.4, 0.5) is 8.78 Å². The van der Waals surface area contributed by atoms with Gasteiger partial charge in [0, 0.05) is 33.4 Å². The van der Waals surface area contributed by atoms with Gasteiger partial charge in [0.15, 0.2) is 6.29 Å². The lowest BCUT2D eigenvalue weighted by molar-refractivity contribution is -0.0989. The molecule has 0 unspecified atom stereocenters. The fraction of sp³-hybridized carbons (Fsp3) is 0.455. The molecule has 0 radical (unpaired) electrons. The van der Waals surface area contributed by atoms with Crippen LogP contribution in [0.2, 0.25) is 0 Å². The SMILES string of the molecule is COC(CNCc1cc(F)cc(F)c1Br)OC. The van der Waals surface area contributed by atoms with Gasteiger partial charge in [-0.15, -0.1) is 0 Å². The molecule has 1 rings (SSSR count). The number of hydrogen-bond acceptors (Lipinski definition) is 3. The molecule has 0 saturated carbocycles. The third-order valence-corrected chi connectivity index (χ3v) is 3.11. The average Bonchev–Trinajstić information content (AvgIpc) is 2.30. The number of rotatable bonds is 6. The Bertz CT molecular complexity index is 373. The van der Waals surface area contributed by atoms with Crippen LogP contribution in [0.5, 0.6) is 0 Å². The first-order valence-electron chi connectivity index (χ1n) is 4.98. The van der Waals surface area contributed by atoms with Gasteiger partial charge in [0.2, 0.25) is 0 Å². The highest BCUT2D eigenvalue weighted by molar-refractivity contribution is 9.10. The zero-order valence-corrected chi connectivity index (χ0v) is 11.2. The second-order valence-electron chi connectivity index (χ2n) is 3.39. The maximum atomic E-state index is 13.2. The summed E-state index contributed by atoms with van der Waals surface area (Å²) in [6.07, 6.45) is -0.382. The predicted octanol–water partition coefficient (Wildman–Crippen LogP) is 2.44. The van der Waals surface area contributed by atoms with Crippen LogP contribution in [0.15, 0.2) is 16.6 Å². The summed E-state index contributed by atoms with van der Waals surface area (Å²) in [7, 11) is 3.04. The predicted molar refractivity (Wildman–Crippen MR) is 63.6 cm³/mol. The molecule has 0 aliphatic rings. The summed E-state index contributed by atoms with van der Waals surface area (Å²) in [6.45, 7) is 0.746. The summed E-state index contributed by atoms with van der Waals surface area (Å²) in [5, 5.41) is 2.99. The van der Waals surface area contributed by atoms with Crippen LogP contribution in [0.25, 0.3) is 0 Å². The second-order valence-corrected chi connectivity index (χ2v) is 4.19. The summed E-state index contributed by atoms with van der Waals surface area (Å²) < 4.78 is 36.4. The van der Waals surface area contributed by atoms with Crippen molar-refractivity contribution in [3.05, 3.63) is 33.8 Å². The lowest BCUT2D eigenvalue weighted by atomic mass is 10.2. The molecule has 0 aliphatic heterocycles. The largest absolute Gasteiger partial charge is 0.355 e. The number of hydrogen-bond donors (Lipinski definition) is 1. The molecule has 0 heterocycles. The Balaban J connectivity index is 2.57. The Kier molecular flexibility index (Phi) is 5.97. The summed E-state index contributed by atoms with van der Waals surface area (Å²) in [5.41, 5.74) is 0.508. The second kappa shape index (κ2) is 7.00. The van der Waals surface area contributed by atoms with Crippen molar-refractivity contribution in [2.45, 2.75) is 12.8 Å². The molecule has 3 nitrogen and oxygen atoms in total. The quantitative estimate of drug-likeness (QED) is 0.647. The van der Waals surface area contributed by atoms with Crippen molar-refractivity contribution in [3.63, 3.8) is 0 Å². The third-order valence-electron chi connectivity index (χ3n) is 2.22. The smallest absolute Gasteiger partial charge is 0.169 e. The standard InChI is InChI=1S/C11H14BrF2NO2/c1-16-10(17-2)6-15-5-7-3-8(13)4-9(14)11(7)12/h3-4,10,15H,5-6H2,1-2H3. The Morgan fingerprint density at radius 2 is 1.94 bits per heavy atom. The van der Waals surface area contributed by atoms with Gasteiger partial charge in [-0.05, 0) is 27.6 Å². The van der Waals surface area contributed by atoms with Crippen molar-refractivity contribution in [1.82, 2.24) is 5.32 Å². The van der Waals surface area contributed by atoms with Gasteiger partial charge < -0.3 is 14.8 Å². The van der Waals surface area contributed by atoms with Gasteiger partial charge in [-0.3, -0.25) is 0 Å². The minimum absolute atomic E-state index is 0.262. The van der Waals surface area contributed by atoms with Gasteiger partial charge in [-0.2, -0.15) is 0 Å². The molecule has 1 aromatic rings. The highest BCUT2D eigenvalue weighted by Crippen LogP contribution is 2.21. The van der Waals surface area contributed by atoms with E-state index in [2.05, 4.69) is 21.2 Å². The van der Waals surface area contributed by atoms with E-state index < -0.39 is 11.6 Å². The van der Waals surface area contributed by atoms with Crippen molar-refractivity contribution in [1.29, 1.82) is 0 Å². The van der Waals surface area contributed by atoms with Crippen LogP contribution in [-0.4, -0.2) is 27.1 Å². The highest BCUT2D eigenvalue weighted by atomic mass is 79.9. The fourth-order valence-corrected chi connectivity index (χ4v) is 1.69. The first-order chi connectivity index (χ1) is 8.08. The summed E-state index contributed by atoms with van der Waals surface area (Å²) in [5.74, 6) is -1.21. The van der Waals surface area contributed by atoms with Crippen LogP contribution in [0.3, 0.4) is 0 Å². The number of ether oxygens (including phenoxy) is 2. The van der Waals surface area contributed by atoms with E-state index in [-0.39, 0.29) is 10.8 Å². The third kappa shape index (κ3) is 4.31. The molecule has 0 fully saturated rings. The summed E-state index contributed by atoms with van der Waals surface area (Å²) >= 11 is 3.07.